The zero-order valence-electron chi connectivity index (χ0n) is 12.1. The van der Waals surface area contributed by atoms with Gasteiger partial charge in [-0.05, 0) is 43.0 Å². The van der Waals surface area contributed by atoms with E-state index >= 15 is 0 Å². The number of carbonyl (C=O) groups is 1. The van der Waals surface area contributed by atoms with Crippen LogP contribution in [0.2, 0.25) is 0 Å². The number of Topliss-reactive ketones (excluding diaryl/α,β-unsaturated/α-hetero) is 1. The minimum absolute atomic E-state index is 0.128. The zero-order valence-corrected chi connectivity index (χ0v) is 12.1. The third-order valence-corrected chi connectivity index (χ3v) is 3.55. The highest BCUT2D eigenvalue weighted by Crippen LogP contribution is 2.28. The van der Waals surface area contributed by atoms with Gasteiger partial charge in [0.2, 0.25) is 0 Å². The second-order valence-corrected chi connectivity index (χ2v) is 5.38. The van der Waals surface area contributed by atoms with E-state index in [4.69, 9.17) is 9.47 Å². The highest BCUT2D eigenvalue weighted by Gasteiger charge is 2.42. The van der Waals surface area contributed by atoms with Crippen LogP contribution in [0.15, 0.2) is 18.2 Å². The van der Waals surface area contributed by atoms with Gasteiger partial charge in [-0.15, -0.1) is 0 Å². The SMILES string of the molecule is CCOC1C(=O)CC1Oc1ccc(C(C)C)c(C)c1. The third-order valence-electron chi connectivity index (χ3n) is 3.55. The van der Waals surface area contributed by atoms with Crippen molar-refractivity contribution in [2.45, 2.75) is 52.2 Å². The maximum absolute atomic E-state index is 11.4. The molecule has 0 saturated heterocycles. The van der Waals surface area contributed by atoms with Crippen LogP contribution in [-0.2, 0) is 9.53 Å². The van der Waals surface area contributed by atoms with Gasteiger partial charge in [-0.2, -0.15) is 0 Å². The molecule has 0 spiro atoms. The second-order valence-electron chi connectivity index (χ2n) is 5.38. The van der Waals surface area contributed by atoms with Crippen LogP contribution in [0.25, 0.3) is 0 Å². The summed E-state index contributed by atoms with van der Waals surface area (Å²) in [7, 11) is 0. The highest BCUT2D eigenvalue weighted by molar-refractivity contribution is 5.90. The molecule has 1 saturated carbocycles. The van der Waals surface area contributed by atoms with Crippen LogP contribution in [0.5, 0.6) is 5.75 Å². The molecule has 2 unspecified atom stereocenters. The lowest BCUT2D eigenvalue weighted by molar-refractivity contribution is -0.154. The van der Waals surface area contributed by atoms with E-state index in [-0.39, 0.29) is 18.0 Å². The van der Waals surface area contributed by atoms with Gasteiger partial charge in [0, 0.05) is 13.0 Å². The van der Waals surface area contributed by atoms with Gasteiger partial charge in [-0.1, -0.05) is 19.9 Å². The van der Waals surface area contributed by atoms with Gasteiger partial charge < -0.3 is 9.47 Å². The standard InChI is InChI=1S/C16H22O3/c1-5-18-16-14(17)9-15(16)19-12-6-7-13(10(2)3)11(4)8-12/h6-8,10,15-16H,5,9H2,1-4H3. The molecule has 0 aromatic heterocycles. The number of hydrogen-bond donors (Lipinski definition) is 0. The first-order valence-corrected chi connectivity index (χ1v) is 6.94. The van der Waals surface area contributed by atoms with Crippen molar-refractivity contribution in [2.24, 2.45) is 0 Å². The maximum atomic E-state index is 11.4. The van der Waals surface area contributed by atoms with Gasteiger partial charge in [-0.3, -0.25) is 4.79 Å². The van der Waals surface area contributed by atoms with E-state index in [1.807, 2.05) is 19.1 Å². The lowest BCUT2D eigenvalue weighted by Gasteiger charge is -2.34. The first-order valence-electron chi connectivity index (χ1n) is 6.94. The van der Waals surface area contributed by atoms with Gasteiger partial charge in [0.15, 0.2) is 11.9 Å². The highest BCUT2D eigenvalue weighted by atomic mass is 16.5. The minimum Gasteiger partial charge on any atom is -0.487 e. The van der Waals surface area contributed by atoms with Crippen LogP contribution in [0.3, 0.4) is 0 Å². The van der Waals surface area contributed by atoms with E-state index in [0.717, 1.165) is 5.75 Å². The lowest BCUT2D eigenvalue weighted by Crippen LogP contribution is -2.52. The van der Waals surface area contributed by atoms with Crippen molar-refractivity contribution in [3.05, 3.63) is 29.3 Å². The predicted molar refractivity (Wildman–Crippen MR) is 74.7 cm³/mol. The summed E-state index contributed by atoms with van der Waals surface area (Å²) >= 11 is 0. The smallest absolute Gasteiger partial charge is 0.169 e. The number of ether oxygens (including phenoxy) is 2. The number of ketones is 1. The molecule has 0 aliphatic heterocycles. The van der Waals surface area contributed by atoms with Crippen molar-refractivity contribution in [3.63, 3.8) is 0 Å². The van der Waals surface area contributed by atoms with Gasteiger partial charge in [-0.25, -0.2) is 0 Å². The second kappa shape index (κ2) is 5.74. The predicted octanol–water partition coefficient (Wildman–Crippen LogP) is 3.24. The average Bonchev–Trinajstić information content (AvgIpc) is 2.35. The summed E-state index contributed by atoms with van der Waals surface area (Å²) in [5.74, 6) is 1.47. The molecule has 19 heavy (non-hydrogen) atoms. The lowest BCUT2D eigenvalue weighted by atomic mass is 9.89. The summed E-state index contributed by atoms with van der Waals surface area (Å²) in [6.07, 6.45) is -0.0535. The Kier molecular flexibility index (Phi) is 4.25. The number of benzene rings is 1. The van der Waals surface area contributed by atoms with Crippen molar-refractivity contribution in [3.8, 4) is 5.75 Å². The number of rotatable bonds is 5. The molecule has 1 aliphatic rings. The molecule has 0 radical (unpaired) electrons. The molecule has 2 rings (SSSR count). The molecule has 0 amide bonds. The summed E-state index contributed by atoms with van der Waals surface area (Å²) in [5.41, 5.74) is 2.56. The Balaban J connectivity index is 2.04. The number of carbonyl (C=O) groups excluding carboxylic acids is 1. The fourth-order valence-electron chi connectivity index (χ4n) is 2.50. The van der Waals surface area contributed by atoms with Crippen LogP contribution in [-0.4, -0.2) is 24.6 Å². The van der Waals surface area contributed by atoms with Crippen molar-refractivity contribution >= 4 is 5.78 Å². The van der Waals surface area contributed by atoms with Crippen molar-refractivity contribution < 1.29 is 14.3 Å². The summed E-state index contributed by atoms with van der Waals surface area (Å²) in [6, 6.07) is 6.13. The molecule has 0 bridgehead atoms. The van der Waals surface area contributed by atoms with E-state index in [2.05, 4.69) is 26.8 Å². The third kappa shape index (κ3) is 2.98. The first kappa shape index (κ1) is 14.1. The molecule has 0 N–H and O–H groups in total. The Morgan fingerprint density at radius 3 is 2.63 bits per heavy atom. The van der Waals surface area contributed by atoms with Crippen LogP contribution in [0.4, 0.5) is 0 Å². The largest absolute Gasteiger partial charge is 0.487 e. The molecular weight excluding hydrogens is 240 g/mol. The topological polar surface area (TPSA) is 35.5 Å². The molecule has 3 heteroatoms. The summed E-state index contributed by atoms with van der Waals surface area (Å²) < 4.78 is 11.2. The zero-order chi connectivity index (χ0) is 14.0. The molecular formula is C16H22O3. The minimum atomic E-state index is -0.380. The van der Waals surface area contributed by atoms with Gasteiger partial charge >= 0.3 is 0 Å². The van der Waals surface area contributed by atoms with Crippen LogP contribution >= 0.6 is 0 Å². The van der Waals surface area contributed by atoms with Crippen molar-refractivity contribution in [1.29, 1.82) is 0 Å². The van der Waals surface area contributed by atoms with E-state index in [1.54, 1.807) is 0 Å². The van der Waals surface area contributed by atoms with Gasteiger partial charge in [0.1, 0.15) is 11.9 Å². The van der Waals surface area contributed by atoms with Crippen molar-refractivity contribution in [2.75, 3.05) is 6.61 Å². The molecule has 104 valence electrons. The van der Waals surface area contributed by atoms with Crippen LogP contribution in [0, 0.1) is 6.92 Å². The Hall–Kier alpha value is -1.35. The summed E-state index contributed by atoms with van der Waals surface area (Å²) in [4.78, 5) is 11.4. The van der Waals surface area contributed by atoms with E-state index in [9.17, 15) is 4.79 Å². The Labute approximate surface area is 114 Å². The Bertz CT molecular complexity index is 465. The van der Waals surface area contributed by atoms with Gasteiger partial charge in [0.05, 0.1) is 0 Å². The number of hydrogen-bond acceptors (Lipinski definition) is 3. The van der Waals surface area contributed by atoms with Crippen LogP contribution < -0.4 is 4.74 Å². The van der Waals surface area contributed by atoms with Crippen molar-refractivity contribution in [1.82, 2.24) is 0 Å². The fourth-order valence-corrected chi connectivity index (χ4v) is 2.50. The molecule has 1 aromatic carbocycles. The Morgan fingerprint density at radius 1 is 1.37 bits per heavy atom. The molecule has 1 fully saturated rings. The molecule has 3 nitrogen and oxygen atoms in total. The maximum Gasteiger partial charge on any atom is 0.169 e. The average molecular weight is 262 g/mol. The normalized spacial score (nSPS) is 22.5. The number of aryl methyl sites for hydroxylation is 1. The summed E-state index contributed by atoms with van der Waals surface area (Å²) in [5, 5.41) is 0. The monoisotopic (exact) mass is 262 g/mol. The van der Waals surface area contributed by atoms with Crippen LogP contribution in [0.1, 0.15) is 44.2 Å². The first-order chi connectivity index (χ1) is 9.02. The van der Waals surface area contributed by atoms with E-state index < -0.39 is 0 Å². The molecule has 2 atom stereocenters. The molecule has 0 heterocycles. The molecule has 1 aliphatic carbocycles. The fraction of sp³-hybridized carbons (Fsp3) is 0.562. The van der Waals surface area contributed by atoms with E-state index in [0.29, 0.717) is 18.9 Å². The van der Waals surface area contributed by atoms with E-state index in [1.165, 1.54) is 11.1 Å². The summed E-state index contributed by atoms with van der Waals surface area (Å²) in [6.45, 7) is 8.89. The Morgan fingerprint density at radius 2 is 2.11 bits per heavy atom. The quantitative estimate of drug-likeness (QED) is 0.817. The molecule has 1 aromatic rings. The van der Waals surface area contributed by atoms with Gasteiger partial charge in [0.25, 0.3) is 0 Å².